The van der Waals surface area contributed by atoms with Gasteiger partial charge in [0.2, 0.25) is 17.7 Å². The molecule has 2 aromatic rings. The minimum Gasteiger partial charge on any atom is -0.492 e. The van der Waals surface area contributed by atoms with Gasteiger partial charge in [0.1, 0.15) is 30.3 Å². The van der Waals surface area contributed by atoms with E-state index in [-0.39, 0.29) is 35.9 Å². The van der Waals surface area contributed by atoms with E-state index in [2.05, 4.69) is 21.3 Å². The van der Waals surface area contributed by atoms with E-state index in [0.717, 1.165) is 37.0 Å². The van der Waals surface area contributed by atoms with Crippen LogP contribution in [0.4, 0.5) is 4.39 Å². The number of halogens is 1. The zero-order valence-electron chi connectivity index (χ0n) is 23.4. The van der Waals surface area contributed by atoms with Crippen molar-refractivity contribution in [3.05, 3.63) is 65.5 Å². The van der Waals surface area contributed by atoms with Crippen LogP contribution in [0.2, 0.25) is 0 Å². The van der Waals surface area contributed by atoms with Crippen molar-refractivity contribution in [2.75, 3.05) is 19.7 Å². The summed E-state index contributed by atoms with van der Waals surface area (Å²) in [6.07, 6.45) is 4.37. The van der Waals surface area contributed by atoms with Crippen LogP contribution in [-0.2, 0) is 27.2 Å². The number of nitrogens with one attached hydrogen (secondary N) is 4. The van der Waals surface area contributed by atoms with Gasteiger partial charge in [0.05, 0.1) is 6.04 Å². The molecular formula is C31H41FN4O4. The predicted octanol–water partition coefficient (Wildman–Crippen LogP) is 2.89. The summed E-state index contributed by atoms with van der Waals surface area (Å²) in [5, 5.41) is 12.1. The minimum absolute atomic E-state index is 0.203. The molecule has 3 atom stereocenters. The number of ether oxygens (including phenoxy) is 1. The Balaban J connectivity index is 1.56. The van der Waals surface area contributed by atoms with Gasteiger partial charge in [-0.25, -0.2) is 4.39 Å². The summed E-state index contributed by atoms with van der Waals surface area (Å²) < 4.78 is 19.9. The summed E-state index contributed by atoms with van der Waals surface area (Å²) in [6.45, 7) is 4.88. The van der Waals surface area contributed by atoms with E-state index >= 15 is 0 Å². The summed E-state index contributed by atoms with van der Waals surface area (Å²) in [5.74, 6) is -0.363. The van der Waals surface area contributed by atoms with Crippen LogP contribution in [-0.4, -0.2) is 55.5 Å². The molecule has 0 unspecified atom stereocenters. The van der Waals surface area contributed by atoms with E-state index in [0.29, 0.717) is 37.6 Å². The molecule has 8 nitrogen and oxygen atoms in total. The molecule has 1 aliphatic carbocycles. The van der Waals surface area contributed by atoms with E-state index in [1.807, 2.05) is 38.1 Å². The highest BCUT2D eigenvalue weighted by Crippen LogP contribution is 2.33. The number of benzene rings is 2. The van der Waals surface area contributed by atoms with Gasteiger partial charge in [-0.2, -0.15) is 0 Å². The Kier molecular flexibility index (Phi) is 10.5. The van der Waals surface area contributed by atoms with Crippen molar-refractivity contribution >= 4 is 17.7 Å². The topological polar surface area (TPSA) is 109 Å². The van der Waals surface area contributed by atoms with E-state index in [4.69, 9.17) is 4.74 Å². The molecule has 2 aliphatic rings. The lowest BCUT2D eigenvalue weighted by molar-refractivity contribution is -0.133. The molecule has 2 aromatic carbocycles. The van der Waals surface area contributed by atoms with E-state index in [9.17, 15) is 18.8 Å². The average Bonchev–Trinajstić information content (AvgIpc) is 3.75. The van der Waals surface area contributed by atoms with Gasteiger partial charge in [-0.1, -0.05) is 57.0 Å². The third-order valence-corrected chi connectivity index (χ3v) is 7.44. The molecule has 40 heavy (non-hydrogen) atoms. The van der Waals surface area contributed by atoms with Gasteiger partial charge in [0.25, 0.3) is 0 Å². The quantitative estimate of drug-likeness (QED) is 0.456. The maximum Gasteiger partial charge on any atom is 0.243 e. The van der Waals surface area contributed by atoms with Crippen molar-refractivity contribution < 1.29 is 23.5 Å². The molecule has 9 heteroatoms. The summed E-state index contributed by atoms with van der Waals surface area (Å²) in [5.41, 5.74) is 1.70. The second kappa shape index (κ2) is 14.3. The third-order valence-electron chi connectivity index (χ3n) is 7.44. The van der Waals surface area contributed by atoms with Crippen LogP contribution in [0.15, 0.2) is 48.5 Å². The number of hydrogen-bond acceptors (Lipinski definition) is 5. The number of aryl methyl sites for hydroxylation is 1. The van der Waals surface area contributed by atoms with Crippen LogP contribution >= 0.6 is 0 Å². The lowest BCUT2D eigenvalue weighted by Gasteiger charge is -2.27. The van der Waals surface area contributed by atoms with E-state index < -0.39 is 18.1 Å². The molecule has 4 rings (SSSR count). The second-order valence-corrected chi connectivity index (χ2v) is 11.2. The Hall–Kier alpha value is -3.46. The van der Waals surface area contributed by atoms with Crippen molar-refractivity contribution in [2.45, 2.75) is 70.5 Å². The fourth-order valence-corrected chi connectivity index (χ4v) is 4.98. The number of carbonyl (C=O) groups is 3. The lowest BCUT2D eigenvalue weighted by atomic mass is 10.00. The maximum absolute atomic E-state index is 13.9. The number of carbonyl (C=O) groups excluding carboxylic acids is 3. The summed E-state index contributed by atoms with van der Waals surface area (Å²) >= 11 is 0. The summed E-state index contributed by atoms with van der Waals surface area (Å²) in [4.78, 5) is 40.0. The number of amides is 3. The highest BCUT2D eigenvalue weighted by atomic mass is 19.1. The second-order valence-electron chi connectivity index (χ2n) is 11.2. The first-order valence-corrected chi connectivity index (χ1v) is 14.4. The molecule has 0 bridgehead atoms. The van der Waals surface area contributed by atoms with Gasteiger partial charge in [0, 0.05) is 13.1 Å². The van der Waals surface area contributed by atoms with Crippen LogP contribution in [0.25, 0.3) is 0 Å². The number of fused-ring (bicyclic) bond motifs is 1. The summed E-state index contributed by atoms with van der Waals surface area (Å²) in [6, 6.07) is 11.7. The highest BCUT2D eigenvalue weighted by molar-refractivity contribution is 5.93. The monoisotopic (exact) mass is 552 g/mol. The van der Waals surface area contributed by atoms with Crippen LogP contribution in [0.5, 0.6) is 5.75 Å². The zero-order chi connectivity index (χ0) is 28.5. The first-order valence-electron chi connectivity index (χ1n) is 14.4. The van der Waals surface area contributed by atoms with Crippen LogP contribution in [0.1, 0.15) is 50.7 Å². The van der Waals surface area contributed by atoms with Gasteiger partial charge in [-0.3, -0.25) is 14.4 Å². The normalized spacial score (nSPS) is 23.6. The molecule has 1 saturated carbocycles. The van der Waals surface area contributed by atoms with Crippen LogP contribution in [0, 0.1) is 17.7 Å². The number of para-hydroxylation sites is 1. The van der Waals surface area contributed by atoms with Crippen LogP contribution < -0.4 is 26.0 Å². The standard InChI is InChI=1S/C31H41FN4O4/c1-20(2)28-31(39)35-26(18-21-12-13-21)29(37)34-14-6-9-23-8-3-4-11-27(23)40-16-15-33-25(30(38)36-28)19-22-7-5-10-24(32)17-22/h3-5,7-8,10-11,17,20-21,25-26,28,33H,6,9,12-16,18-19H2,1-2H3,(H,34,37)(H,35,39)(H,36,38)/t25-,26+,28-/m1/s1. The molecule has 4 N–H and O–H groups in total. The average molecular weight is 553 g/mol. The molecule has 1 fully saturated rings. The van der Waals surface area contributed by atoms with Crippen LogP contribution in [0.3, 0.4) is 0 Å². The van der Waals surface area contributed by atoms with Crippen molar-refractivity contribution in [3.8, 4) is 5.75 Å². The lowest BCUT2D eigenvalue weighted by Crippen LogP contribution is -2.58. The fraction of sp³-hybridized carbons (Fsp3) is 0.516. The minimum atomic E-state index is -0.833. The van der Waals surface area contributed by atoms with Gasteiger partial charge >= 0.3 is 0 Å². The summed E-state index contributed by atoms with van der Waals surface area (Å²) in [7, 11) is 0. The molecule has 3 amide bonds. The van der Waals surface area contributed by atoms with E-state index in [1.165, 1.54) is 12.1 Å². The number of rotatable bonds is 5. The molecule has 0 saturated heterocycles. The largest absolute Gasteiger partial charge is 0.492 e. The fourth-order valence-electron chi connectivity index (χ4n) is 4.98. The van der Waals surface area contributed by atoms with Gasteiger partial charge < -0.3 is 26.0 Å². The molecule has 0 aromatic heterocycles. The van der Waals surface area contributed by atoms with Gasteiger partial charge in [0.15, 0.2) is 0 Å². The number of hydrogen-bond donors (Lipinski definition) is 4. The predicted molar refractivity (Wildman–Crippen MR) is 151 cm³/mol. The maximum atomic E-state index is 13.9. The SMILES string of the molecule is CC(C)[C@H]1NC(=O)[C@@H](Cc2cccc(F)c2)NCCOc2ccccc2CCCNC(=O)[C@H](CC2CC2)NC1=O. The molecular weight excluding hydrogens is 511 g/mol. The first kappa shape index (κ1) is 29.5. The first-order chi connectivity index (χ1) is 19.3. The van der Waals surface area contributed by atoms with Crippen molar-refractivity contribution in [1.29, 1.82) is 0 Å². The van der Waals surface area contributed by atoms with Crippen molar-refractivity contribution in [1.82, 2.24) is 21.3 Å². The van der Waals surface area contributed by atoms with Gasteiger partial charge in [-0.05, 0) is 66.8 Å². The van der Waals surface area contributed by atoms with Gasteiger partial charge in [-0.15, -0.1) is 0 Å². The van der Waals surface area contributed by atoms with Crippen molar-refractivity contribution in [2.24, 2.45) is 11.8 Å². The molecule has 0 spiro atoms. The smallest absolute Gasteiger partial charge is 0.243 e. The Labute approximate surface area is 235 Å². The zero-order valence-corrected chi connectivity index (χ0v) is 23.4. The Morgan fingerprint density at radius 1 is 0.925 bits per heavy atom. The van der Waals surface area contributed by atoms with Crippen molar-refractivity contribution in [3.63, 3.8) is 0 Å². The third kappa shape index (κ3) is 8.78. The molecule has 216 valence electrons. The molecule has 1 heterocycles. The Morgan fingerprint density at radius 3 is 2.48 bits per heavy atom. The Morgan fingerprint density at radius 2 is 1.73 bits per heavy atom. The Bertz CT molecular complexity index is 1170. The highest BCUT2D eigenvalue weighted by Gasteiger charge is 2.34. The molecule has 1 aliphatic heterocycles. The molecule has 0 radical (unpaired) electrons. The van der Waals surface area contributed by atoms with E-state index in [1.54, 1.807) is 12.1 Å².